The van der Waals surface area contributed by atoms with Crippen molar-refractivity contribution < 1.29 is 4.57 Å². The first-order chi connectivity index (χ1) is 20.4. The molecule has 0 bridgehead atoms. The molecule has 0 saturated heterocycles. The molecule has 7 aromatic rings. The average Bonchev–Trinajstić information content (AvgIpc) is 3.04. The van der Waals surface area contributed by atoms with E-state index in [0.29, 0.717) is 0 Å². The van der Waals surface area contributed by atoms with Gasteiger partial charge in [-0.25, -0.2) is 9.97 Å². The minimum absolute atomic E-state index is 0.723. The molecule has 0 N–H and O–H groups in total. The lowest BCUT2D eigenvalue weighted by Crippen LogP contribution is -2.02. The number of hydrogen-bond acceptors (Lipinski definition) is 3. The first-order valence-corrected chi connectivity index (χ1v) is 16.7. The summed E-state index contributed by atoms with van der Waals surface area (Å²) in [7, 11) is -2.31. The Hall–Kier alpha value is -4.85. The summed E-state index contributed by atoms with van der Waals surface area (Å²) < 4.78 is 12.6. The van der Waals surface area contributed by atoms with E-state index >= 15 is 0 Å². The molecule has 1 aromatic heterocycles. The highest BCUT2D eigenvalue weighted by molar-refractivity contribution is 7.70. The Morgan fingerprint density at radius 3 is 1.76 bits per heavy atom. The van der Waals surface area contributed by atoms with Gasteiger partial charge in [0.25, 0.3) is 0 Å². The topological polar surface area (TPSA) is 42.9 Å². The summed E-state index contributed by atoms with van der Waals surface area (Å²) in [5, 5.41) is 4.23. The van der Waals surface area contributed by atoms with E-state index < -0.39 is 7.14 Å². The van der Waals surface area contributed by atoms with Gasteiger partial charge in [0.2, 0.25) is 0 Å². The fourth-order valence-electron chi connectivity index (χ4n) is 5.50. The first-order valence-electron chi connectivity index (χ1n) is 14.1. The highest BCUT2D eigenvalue weighted by atomic mass is 31.2. The zero-order valence-electron chi connectivity index (χ0n) is 23.5. The molecule has 4 heteroatoms. The van der Waals surface area contributed by atoms with Crippen molar-refractivity contribution in [2.45, 2.75) is 0 Å². The standard InChI is InChI=1S/C38H29N2OP/c1-42(2,41)33-13-8-12-32(25-33)28-17-15-26(16-18-28)27-19-21-30(22-20-27)36-35-24-23-29-9-6-7-14-34(29)37(35)40-38(39-36)31-10-4-3-5-11-31/h3-25H,1-2H3. The third kappa shape index (κ3) is 4.93. The highest BCUT2D eigenvalue weighted by Crippen LogP contribution is 2.37. The van der Waals surface area contributed by atoms with E-state index in [2.05, 4.69) is 103 Å². The van der Waals surface area contributed by atoms with Crippen LogP contribution in [0.5, 0.6) is 0 Å². The Balaban J connectivity index is 1.27. The van der Waals surface area contributed by atoms with Gasteiger partial charge in [-0.2, -0.15) is 0 Å². The van der Waals surface area contributed by atoms with Crippen LogP contribution in [0.1, 0.15) is 0 Å². The van der Waals surface area contributed by atoms with Crippen molar-refractivity contribution in [1.29, 1.82) is 0 Å². The fourth-order valence-corrected chi connectivity index (χ4v) is 6.39. The van der Waals surface area contributed by atoms with Crippen LogP contribution in [0.25, 0.3) is 66.6 Å². The maximum atomic E-state index is 12.6. The van der Waals surface area contributed by atoms with Crippen molar-refractivity contribution in [3.63, 3.8) is 0 Å². The summed E-state index contributed by atoms with van der Waals surface area (Å²) in [5.74, 6) is 0.723. The Morgan fingerprint density at radius 2 is 1.07 bits per heavy atom. The Bertz CT molecular complexity index is 2110. The van der Waals surface area contributed by atoms with Crippen molar-refractivity contribution in [3.8, 4) is 44.9 Å². The molecule has 202 valence electrons. The van der Waals surface area contributed by atoms with Crippen molar-refractivity contribution >= 4 is 34.1 Å². The van der Waals surface area contributed by atoms with E-state index in [1.54, 1.807) is 0 Å². The summed E-state index contributed by atoms with van der Waals surface area (Å²) >= 11 is 0. The number of aromatic nitrogens is 2. The molecule has 0 unspecified atom stereocenters. The molecule has 0 aliphatic heterocycles. The zero-order valence-corrected chi connectivity index (χ0v) is 24.4. The number of benzene rings is 6. The van der Waals surface area contributed by atoms with E-state index in [4.69, 9.17) is 9.97 Å². The van der Waals surface area contributed by atoms with Crippen LogP contribution < -0.4 is 5.30 Å². The van der Waals surface area contributed by atoms with Crippen LogP contribution in [0.4, 0.5) is 0 Å². The van der Waals surface area contributed by atoms with Gasteiger partial charge in [-0.3, -0.25) is 0 Å². The second-order valence-corrected chi connectivity index (χ2v) is 14.2. The van der Waals surface area contributed by atoms with Crippen LogP contribution in [0, 0.1) is 0 Å². The molecule has 7 rings (SSSR count). The Kier molecular flexibility index (Phi) is 6.53. The predicted molar refractivity (Wildman–Crippen MR) is 178 cm³/mol. The molecule has 3 nitrogen and oxygen atoms in total. The largest absolute Gasteiger partial charge is 0.319 e. The second kappa shape index (κ2) is 10.5. The maximum Gasteiger partial charge on any atom is 0.160 e. The number of hydrogen-bond donors (Lipinski definition) is 0. The van der Waals surface area contributed by atoms with Crippen molar-refractivity contribution in [3.05, 3.63) is 140 Å². The number of fused-ring (bicyclic) bond motifs is 3. The van der Waals surface area contributed by atoms with Crippen molar-refractivity contribution in [1.82, 2.24) is 9.97 Å². The predicted octanol–water partition coefficient (Wildman–Crippen LogP) is 9.70. The third-order valence-corrected chi connectivity index (χ3v) is 9.32. The van der Waals surface area contributed by atoms with Crippen LogP contribution in [0.15, 0.2) is 140 Å². The van der Waals surface area contributed by atoms with Crippen LogP contribution in [-0.2, 0) is 4.57 Å². The second-order valence-electron chi connectivity index (χ2n) is 11.0. The van der Waals surface area contributed by atoms with Gasteiger partial charge >= 0.3 is 0 Å². The van der Waals surface area contributed by atoms with Gasteiger partial charge in [0.1, 0.15) is 7.14 Å². The minimum atomic E-state index is -2.31. The van der Waals surface area contributed by atoms with E-state index in [1.807, 2.05) is 49.7 Å². The van der Waals surface area contributed by atoms with Gasteiger partial charge in [-0.1, -0.05) is 127 Å². The summed E-state index contributed by atoms with van der Waals surface area (Å²) in [6.45, 7) is 3.63. The average molecular weight is 561 g/mol. The molecule has 0 fully saturated rings. The molecule has 42 heavy (non-hydrogen) atoms. The molecule has 0 spiro atoms. The zero-order chi connectivity index (χ0) is 28.7. The molecule has 1 heterocycles. The smallest absolute Gasteiger partial charge is 0.160 e. The lowest BCUT2D eigenvalue weighted by molar-refractivity contribution is 0.588. The molecule has 6 aromatic carbocycles. The fraction of sp³-hybridized carbons (Fsp3) is 0.0526. The van der Waals surface area contributed by atoms with Gasteiger partial charge < -0.3 is 4.57 Å². The van der Waals surface area contributed by atoms with E-state index in [1.165, 1.54) is 0 Å². The summed E-state index contributed by atoms with van der Waals surface area (Å²) in [6, 6.07) is 48.1. The van der Waals surface area contributed by atoms with Crippen LogP contribution >= 0.6 is 7.14 Å². The van der Waals surface area contributed by atoms with Gasteiger partial charge in [0, 0.05) is 27.2 Å². The number of rotatable bonds is 5. The summed E-state index contributed by atoms with van der Waals surface area (Å²) in [5.41, 5.74) is 8.40. The molecule has 0 aliphatic rings. The third-order valence-electron chi connectivity index (χ3n) is 7.80. The lowest BCUT2D eigenvalue weighted by atomic mass is 9.97. The minimum Gasteiger partial charge on any atom is -0.319 e. The van der Waals surface area contributed by atoms with Crippen molar-refractivity contribution in [2.75, 3.05) is 13.3 Å². The van der Waals surface area contributed by atoms with E-state index in [0.717, 1.165) is 71.9 Å². The van der Waals surface area contributed by atoms with E-state index in [9.17, 15) is 4.57 Å². The maximum absolute atomic E-state index is 12.6. The molecular weight excluding hydrogens is 531 g/mol. The van der Waals surface area contributed by atoms with Gasteiger partial charge in [0.15, 0.2) is 5.82 Å². The molecule has 0 aliphatic carbocycles. The molecular formula is C38H29N2OP. The van der Waals surface area contributed by atoms with Crippen LogP contribution in [0.3, 0.4) is 0 Å². The quantitative estimate of drug-likeness (QED) is 0.155. The highest BCUT2D eigenvalue weighted by Gasteiger charge is 2.15. The molecule has 0 radical (unpaired) electrons. The molecule has 0 atom stereocenters. The molecule has 0 saturated carbocycles. The lowest BCUT2D eigenvalue weighted by Gasteiger charge is -2.12. The monoisotopic (exact) mass is 560 g/mol. The van der Waals surface area contributed by atoms with Gasteiger partial charge in [-0.05, 0) is 53.1 Å². The Labute approximate surface area is 245 Å². The summed E-state index contributed by atoms with van der Waals surface area (Å²) in [4.78, 5) is 10.1. The van der Waals surface area contributed by atoms with Crippen molar-refractivity contribution in [2.24, 2.45) is 0 Å². The Morgan fingerprint density at radius 1 is 0.476 bits per heavy atom. The number of nitrogens with zero attached hydrogens (tertiary/aromatic N) is 2. The van der Waals surface area contributed by atoms with E-state index in [-0.39, 0.29) is 0 Å². The van der Waals surface area contributed by atoms with Gasteiger partial charge in [0.05, 0.1) is 11.2 Å². The molecule has 0 amide bonds. The SMILES string of the molecule is CP(C)(=O)c1cccc(-c2ccc(-c3ccc(-c4nc(-c5ccccc5)nc5c4ccc4ccccc45)cc3)cc2)c1. The van der Waals surface area contributed by atoms with Crippen LogP contribution in [-0.4, -0.2) is 23.3 Å². The summed E-state index contributed by atoms with van der Waals surface area (Å²) in [6.07, 6.45) is 0. The normalized spacial score (nSPS) is 11.7. The van der Waals surface area contributed by atoms with Gasteiger partial charge in [-0.15, -0.1) is 0 Å². The first kappa shape index (κ1) is 26.1. The van der Waals surface area contributed by atoms with Crippen LogP contribution in [0.2, 0.25) is 0 Å².